The highest BCUT2D eigenvalue weighted by atomic mass is 79.9. The van der Waals surface area contributed by atoms with E-state index in [1.807, 2.05) is 6.07 Å². The summed E-state index contributed by atoms with van der Waals surface area (Å²) in [6.07, 6.45) is -0.464. The molecule has 2 aliphatic heterocycles. The maximum atomic E-state index is 12.0. The van der Waals surface area contributed by atoms with E-state index in [4.69, 9.17) is 4.74 Å². The Bertz CT molecular complexity index is 491. The van der Waals surface area contributed by atoms with E-state index in [1.165, 1.54) is 0 Å². The summed E-state index contributed by atoms with van der Waals surface area (Å²) in [5, 5.41) is 6.08. The average molecular weight is 327 g/mol. The third kappa shape index (κ3) is 2.88. The van der Waals surface area contributed by atoms with Gasteiger partial charge in [0.25, 0.3) is 5.91 Å². The van der Waals surface area contributed by atoms with E-state index in [0.29, 0.717) is 22.7 Å². The lowest BCUT2D eigenvalue weighted by Gasteiger charge is -2.32. The molecule has 0 aromatic carbocycles. The first kappa shape index (κ1) is 12.8. The van der Waals surface area contributed by atoms with E-state index in [2.05, 4.69) is 36.4 Å². The number of hydrogen-bond donors (Lipinski definition) is 2. The highest BCUT2D eigenvalue weighted by molar-refractivity contribution is 9.10. The third-order valence-corrected chi connectivity index (χ3v) is 3.70. The monoisotopic (exact) mass is 326 g/mol. The minimum atomic E-state index is -0.464. The molecule has 7 heteroatoms. The highest BCUT2D eigenvalue weighted by Gasteiger charge is 2.30. The molecular weight excluding hydrogens is 312 g/mol. The summed E-state index contributed by atoms with van der Waals surface area (Å²) in [6, 6.07) is 3.62. The van der Waals surface area contributed by atoms with Crippen LogP contribution in [0, 0.1) is 0 Å². The Hall–Kier alpha value is -1.18. The molecule has 1 unspecified atom stereocenters. The summed E-state index contributed by atoms with van der Waals surface area (Å²) in [5.74, 6) is 0.982. The van der Waals surface area contributed by atoms with Crippen molar-refractivity contribution in [3.63, 3.8) is 0 Å². The van der Waals surface area contributed by atoms with Gasteiger partial charge in [0.05, 0.1) is 0 Å². The van der Waals surface area contributed by atoms with E-state index >= 15 is 0 Å². The number of amides is 1. The molecular formula is C12H15BrN4O2. The first-order chi connectivity index (χ1) is 9.22. The van der Waals surface area contributed by atoms with Crippen LogP contribution in [0.3, 0.4) is 0 Å². The van der Waals surface area contributed by atoms with Crippen LogP contribution < -0.4 is 15.4 Å². The fourth-order valence-corrected chi connectivity index (χ4v) is 2.57. The van der Waals surface area contributed by atoms with E-state index in [-0.39, 0.29) is 5.91 Å². The van der Waals surface area contributed by atoms with E-state index in [0.717, 1.165) is 26.2 Å². The maximum Gasteiger partial charge on any atom is 0.268 e. The minimum absolute atomic E-state index is 0.128. The summed E-state index contributed by atoms with van der Waals surface area (Å²) in [5.41, 5.74) is 0. The number of ether oxygens (including phenoxy) is 1. The molecule has 0 spiro atoms. The van der Waals surface area contributed by atoms with E-state index in [1.54, 1.807) is 6.07 Å². The second kappa shape index (κ2) is 5.44. The Balaban J connectivity index is 1.70. The van der Waals surface area contributed by atoms with Crippen LogP contribution in [0.1, 0.15) is 0 Å². The Kier molecular flexibility index (Phi) is 3.67. The third-order valence-electron chi connectivity index (χ3n) is 3.26. The van der Waals surface area contributed by atoms with Gasteiger partial charge < -0.3 is 15.4 Å². The van der Waals surface area contributed by atoms with Crippen molar-refractivity contribution in [2.45, 2.75) is 6.10 Å². The van der Waals surface area contributed by atoms with Gasteiger partial charge in [-0.25, -0.2) is 4.98 Å². The number of anilines is 1. The van der Waals surface area contributed by atoms with Crippen LogP contribution in [0.2, 0.25) is 0 Å². The molecule has 1 amide bonds. The molecule has 3 rings (SSSR count). The summed E-state index contributed by atoms with van der Waals surface area (Å²) >= 11 is 3.27. The lowest BCUT2D eigenvalue weighted by molar-refractivity contribution is -0.124. The topological polar surface area (TPSA) is 66.5 Å². The van der Waals surface area contributed by atoms with Crippen molar-refractivity contribution >= 4 is 27.7 Å². The number of piperazine rings is 1. The van der Waals surface area contributed by atoms with Crippen molar-refractivity contribution in [3.05, 3.63) is 16.7 Å². The van der Waals surface area contributed by atoms with Crippen LogP contribution >= 0.6 is 15.9 Å². The zero-order valence-corrected chi connectivity index (χ0v) is 11.9. The number of fused-ring (bicyclic) bond motifs is 1. The van der Waals surface area contributed by atoms with Gasteiger partial charge >= 0.3 is 0 Å². The van der Waals surface area contributed by atoms with Crippen LogP contribution in [0.25, 0.3) is 0 Å². The van der Waals surface area contributed by atoms with Gasteiger partial charge in [-0.15, -0.1) is 0 Å². The number of rotatable bonds is 2. The fourth-order valence-electron chi connectivity index (χ4n) is 2.26. The molecule has 1 fully saturated rings. The van der Waals surface area contributed by atoms with Crippen molar-refractivity contribution in [3.8, 4) is 5.75 Å². The Morgan fingerprint density at radius 2 is 2.21 bits per heavy atom. The number of nitrogens with one attached hydrogen (secondary N) is 2. The summed E-state index contributed by atoms with van der Waals surface area (Å²) in [6.45, 7) is 4.42. The molecule has 1 saturated heterocycles. The molecule has 0 saturated carbocycles. The summed E-state index contributed by atoms with van der Waals surface area (Å²) in [4.78, 5) is 18.4. The van der Waals surface area contributed by atoms with Crippen LogP contribution in [0.4, 0.5) is 5.82 Å². The van der Waals surface area contributed by atoms with E-state index < -0.39 is 6.10 Å². The van der Waals surface area contributed by atoms with Gasteiger partial charge in [-0.05, 0) is 28.1 Å². The number of nitrogens with zero attached hydrogens (tertiary/aromatic N) is 2. The molecule has 102 valence electrons. The van der Waals surface area contributed by atoms with E-state index in [9.17, 15) is 4.79 Å². The van der Waals surface area contributed by atoms with Gasteiger partial charge in [0.2, 0.25) is 0 Å². The molecule has 2 N–H and O–H groups in total. The van der Waals surface area contributed by atoms with Crippen molar-refractivity contribution in [1.82, 2.24) is 15.2 Å². The normalized spacial score (nSPS) is 23.4. The van der Waals surface area contributed by atoms with Crippen LogP contribution in [-0.2, 0) is 4.79 Å². The molecule has 0 aliphatic carbocycles. The number of carbonyl (C=O) groups excluding carboxylic acids is 1. The Labute approximate surface area is 119 Å². The van der Waals surface area contributed by atoms with Gasteiger partial charge in [-0.3, -0.25) is 9.69 Å². The maximum absolute atomic E-state index is 12.0. The number of pyridine rings is 1. The van der Waals surface area contributed by atoms with Crippen LogP contribution in [0.15, 0.2) is 16.7 Å². The van der Waals surface area contributed by atoms with Crippen molar-refractivity contribution in [2.75, 3.05) is 38.0 Å². The first-order valence-electron chi connectivity index (χ1n) is 6.29. The Morgan fingerprint density at radius 3 is 3.00 bits per heavy atom. The highest BCUT2D eigenvalue weighted by Crippen LogP contribution is 2.29. The average Bonchev–Trinajstić information content (AvgIpc) is 2.41. The van der Waals surface area contributed by atoms with Crippen LogP contribution in [-0.4, -0.2) is 54.6 Å². The summed E-state index contributed by atoms with van der Waals surface area (Å²) < 4.78 is 6.42. The van der Waals surface area contributed by atoms with Gasteiger partial charge in [-0.2, -0.15) is 0 Å². The zero-order chi connectivity index (χ0) is 13.2. The number of halogens is 1. The fraction of sp³-hybridized carbons (Fsp3) is 0.500. The second-order valence-electron chi connectivity index (χ2n) is 4.63. The lowest BCUT2D eigenvalue weighted by atomic mass is 10.2. The molecule has 0 bridgehead atoms. The molecule has 2 aliphatic rings. The number of hydrogen-bond acceptors (Lipinski definition) is 5. The first-order valence-corrected chi connectivity index (χ1v) is 7.09. The predicted molar refractivity (Wildman–Crippen MR) is 74.3 cm³/mol. The van der Waals surface area contributed by atoms with Crippen molar-refractivity contribution in [2.24, 2.45) is 0 Å². The Morgan fingerprint density at radius 1 is 1.42 bits per heavy atom. The zero-order valence-electron chi connectivity index (χ0n) is 10.4. The lowest BCUT2D eigenvalue weighted by Crippen LogP contribution is -2.51. The minimum Gasteiger partial charge on any atom is -0.475 e. The van der Waals surface area contributed by atoms with Gasteiger partial charge in [-0.1, -0.05) is 0 Å². The van der Waals surface area contributed by atoms with Crippen LogP contribution in [0.5, 0.6) is 5.75 Å². The van der Waals surface area contributed by atoms with Gasteiger partial charge in [0.1, 0.15) is 4.60 Å². The van der Waals surface area contributed by atoms with Gasteiger partial charge in [0.15, 0.2) is 17.7 Å². The number of carbonyl (C=O) groups is 1. The second-order valence-corrected chi connectivity index (χ2v) is 5.44. The van der Waals surface area contributed by atoms with Gasteiger partial charge in [0, 0.05) is 32.7 Å². The molecule has 19 heavy (non-hydrogen) atoms. The smallest absolute Gasteiger partial charge is 0.268 e. The standard InChI is InChI=1S/C12H15BrN4O2/c13-10-2-1-8-11(15-10)16-12(18)9(19-8)7-17-5-3-14-4-6-17/h1-2,9,14H,3-7H2,(H,15,16,18). The largest absolute Gasteiger partial charge is 0.475 e. The number of aromatic nitrogens is 1. The quantitative estimate of drug-likeness (QED) is 0.772. The SMILES string of the molecule is O=C1Nc2nc(Br)ccc2OC1CN1CCNCC1. The molecule has 3 heterocycles. The molecule has 6 nitrogen and oxygen atoms in total. The van der Waals surface area contributed by atoms with Crippen molar-refractivity contribution in [1.29, 1.82) is 0 Å². The molecule has 1 aromatic rings. The molecule has 0 radical (unpaired) electrons. The summed E-state index contributed by atoms with van der Waals surface area (Å²) in [7, 11) is 0. The molecule has 1 atom stereocenters. The molecule has 1 aromatic heterocycles. The predicted octanol–water partition coefficient (Wildman–Crippen LogP) is 0.449. The van der Waals surface area contributed by atoms with Crippen molar-refractivity contribution < 1.29 is 9.53 Å².